The number of nitrogens with one attached hydrogen (secondary N) is 1. The smallest absolute Gasteiger partial charge is 0.225 e. The standard InChI is InChI=1S/C14H24N4O2/c1-14(2)11-18(5-7-20-14)13-16-9-12(10-17-13)8-15-4-6-19-3/h9-10,15H,4-8,11H2,1-3H3. The summed E-state index contributed by atoms with van der Waals surface area (Å²) in [6.45, 7) is 8.86. The van der Waals surface area contributed by atoms with Crippen LogP contribution in [0.1, 0.15) is 19.4 Å². The normalized spacial score (nSPS) is 18.2. The fraction of sp³-hybridized carbons (Fsp3) is 0.714. The van der Waals surface area contributed by atoms with Crippen LogP contribution in [-0.4, -0.2) is 55.5 Å². The summed E-state index contributed by atoms with van der Waals surface area (Å²) in [5.74, 6) is 0.780. The van der Waals surface area contributed by atoms with Crippen LogP contribution in [0.4, 0.5) is 5.95 Å². The van der Waals surface area contributed by atoms with Gasteiger partial charge in [0.05, 0.1) is 18.8 Å². The summed E-state index contributed by atoms with van der Waals surface area (Å²) < 4.78 is 10.7. The third kappa shape index (κ3) is 4.40. The summed E-state index contributed by atoms with van der Waals surface area (Å²) in [6, 6.07) is 0. The Morgan fingerprint density at radius 2 is 2.15 bits per heavy atom. The third-order valence-corrected chi connectivity index (χ3v) is 3.21. The van der Waals surface area contributed by atoms with Crippen molar-refractivity contribution >= 4 is 5.95 Å². The zero-order chi connectivity index (χ0) is 14.4. The van der Waals surface area contributed by atoms with Crippen LogP contribution in [0.15, 0.2) is 12.4 Å². The van der Waals surface area contributed by atoms with E-state index in [1.54, 1.807) is 7.11 Å². The highest BCUT2D eigenvalue weighted by Crippen LogP contribution is 2.19. The van der Waals surface area contributed by atoms with E-state index in [0.29, 0.717) is 6.61 Å². The second-order valence-electron chi connectivity index (χ2n) is 5.59. The van der Waals surface area contributed by atoms with Gasteiger partial charge in [-0.3, -0.25) is 0 Å². The summed E-state index contributed by atoms with van der Waals surface area (Å²) in [6.07, 6.45) is 3.76. The maximum atomic E-state index is 5.70. The summed E-state index contributed by atoms with van der Waals surface area (Å²) in [7, 11) is 1.70. The van der Waals surface area contributed by atoms with Gasteiger partial charge in [0.15, 0.2) is 0 Å². The van der Waals surface area contributed by atoms with E-state index in [-0.39, 0.29) is 5.60 Å². The Bertz CT molecular complexity index is 408. The van der Waals surface area contributed by atoms with E-state index in [4.69, 9.17) is 9.47 Å². The first-order chi connectivity index (χ1) is 9.61. The monoisotopic (exact) mass is 280 g/mol. The molecule has 0 aliphatic carbocycles. The van der Waals surface area contributed by atoms with E-state index in [0.717, 1.165) is 44.3 Å². The van der Waals surface area contributed by atoms with Crippen molar-refractivity contribution in [3.63, 3.8) is 0 Å². The molecule has 1 fully saturated rings. The number of hydrogen-bond donors (Lipinski definition) is 1. The molecule has 1 aliphatic rings. The first-order valence-electron chi connectivity index (χ1n) is 7.00. The zero-order valence-electron chi connectivity index (χ0n) is 12.6. The van der Waals surface area contributed by atoms with E-state index in [1.807, 2.05) is 12.4 Å². The Labute approximate surface area is 120 Å². The van der Waals surface area contributed by atoms with Crippen molar-refractivity contribution in [2.24, 2.45) is 0 Å². The Morgan fingerprint density at radius 3 is 2.80 bits per heavy atom. The number of anilines is 1. The highest BCUT2D eigenvalue weighted by molar-refractivity contribution is 5.31. The number of rotatable bonds is 6. The maximum absolute atomic E-state index is 5.70. The van der Waals surface area contributed by atoms with Crippen LogP contribution in [0, 0.1) is 0 Å². The molecule has 0 unspecified atom stereocenters. The Morgan fingerprint density at radius 1 is 1.40 bits per heavy atom. The van der Waals surface area contributed by atoms with E-state index >= 15 is 0 Å². The summed E-state index contributed by atoms with van der Waals surface area (Å²) in [5, 5.41) is 3.28. The van der Waals surface area contributed by atoms with Crippen molar-refractivity contribution in [1.29, 1.82) is 0 Å². The first kappa shape index (κ1) is 15.2. The van der Waals surface area contributed by atoms with Crippen LogP contribution < -0.4 is 10.2 Å². The van der Waals surface area contributed by atoms with Gasteiger partial charge < -0.3 is 19.7 Å². The molecule has 0 radical (unpaired) electrons. The van der Waals surface area contributed by atoms with Crippen LogP contribution in [0.2, 0.25) is 0 Å². The van der Waals surface area contributed by atoms with Gasteiger partial charge in [0.1, 0.15) is 0 Å². The highest BCUT2D eigenvalue weighted by Gasteiger charge is 2.28. The number of morpholine rings is 1. The van der Waals surface area contributed by atoms with Crippen LogP contribution in [0.25, 0.3) is 0 Å². The van der Waals surface area contributed by atoms with E-state index in [2.05, 4.69) is 34.0 Å². The molecule has 6 heteroatoms. The molecular formula is C14H24N4O2. The summed E-state index contributed by atoms with van der Waals surface area (Å²) >= 11 is 0. The molecule has 0 saturated carbocycles. The maximum Gasteiger partial charge on any atom is 0.225 e. The van der Waals surface area contributed by atoms with Gasteiger partial charge in [-0.2, -0.15) is 0 Å². The molecule has 0 bridgehead atoms. The molecular weight excluding hydrogens is 256 g/mol. The summed E-state index contributed by atoms with van der Waals surface area (Å²) in [5.41, 5.74) is 0.944. The lowest BCUT2D eigenvalue weighted by Crippen LogP contribution is -2.49. The number of nitrogens with zero attached hydrogens (tertiary/aromatic N) is 3. The van der Waals surface area contributed by atoms with Gasteiger partial charge in [0, 0.05) is 51.2 Å². The van der Waals surface area contributed by atoms with Gasteiger partial charge in [0.2, 0.25) is 5.95 Å². The molecule has 0 atom stereocenters. The third-order valence-electron chi connectivity index (χ3n) is 3.21. The van der Waals surface area contributed by atoms with Crippen LogP contribution in [0.5, 0.6) is 0 Å². The van der Waals surface area contributed by atoms with Gasteiger partial charge in [-0.05, 0) is 13.8 Å². The van der Waals surface area contributed by atoms with E-state index in [1.165, 1.54) is 0 Å². The minimum Gasteiger partial charge on any atom is -0.383 e. The Hall–Kier alpha value is -1.24. The molecule has 2 rings (SSSR count). The molecule has 20 heavy (non-hydrogen) atoms. The molecule has 1 saturated heterocycles. The SMILES string of the molecule is COCCNCc1cnc(N2CCOC(C)(C)C2)nc1. The lowest BCUT2D eigenvalue weighted by atomic mass is 10.1. The van der Waals surface area contributed by atoms with Gasteiger partial charge in [-0.15, -0.1) is 0 Å². The molecule has 0 amide bonds. The highest BCUT2D eigenvalue weighted by atomic mass is 16.5. The fourth-order valence-electron chi connectivity index (χ4n) is 2.20. The fourth-order valence-corrected chi connectivity index (χ4v) is 2.20. The van der Waals surface area contributed by atoms with Crippen molar-refractivity contribution in [1.82, 2.24) is 15.3 Å². The molecule has 1 aromatic heterocycles. The minimum absolute atomic E-state index is 0.137. The number of hydrogen-bond acceptors (Lipinski definition) is 6. The summed E-state index contributed by atoms with van der Waals surface area (Å²) in [4.78, 5) is 11.1. The lowest BCUT2D eigenvalue weighted by Gasteiger charge is -2.38. The van der Waals surface area contributed by atoms with Crippen molar-refractivity contribution in [3.05, 3.63) is 18.0 Å². The first-order valence-corrected chi connectivity index (χ1v) is 7.00. The molecule has 6 nitrogen and oxygen atoms in total. The minimum atomic E-state index is -0.137. The van der Waals surface area contributed by atoms with Crippen molar-refractivity contribution in [2.45, 2.75) is 26.0 Å². The molecule has 1 aromatic rings. The Kier molecular flexibility index (Phi) is 5.28. The molecule has 0 spiro atoms. The number of methoxy groups -OCH3 is 1. The second-order valence-corrected chi connectivity index (χ2v) is 5.59. The second kappa shape index (κ2) is 6.97. The average Bonchev–Trinajstić information content (AvgIpc) is 2.43. The predicted octanol–water partition coefficient (Wildman–Crippen LogP) is 0.828. The largest absolute Gasteiger partial charge is 0.383 e. The average molecular weight is 280 g/mol. The number of aromatic nitrogens is 2. The van der Waals surface area contributed by atoms with E-state index < -0.39 is 0 Å². The number of ether oxygens (including phenoxy) is 2. The van der Waals surface area contributed by atoms with Crippen LogP contribution in [0.3, 0.4) is 0 Å². The molecule has 1 N–H and O–H groups in total. The zero-order valence-corrected chi connectivity index (χ0v) is 12.6. The van der Waals surface area contributed by atoms with Gasteiger partial charge in [-0.1, -0.05) is 0 Å². The van der Waals surface area contributed by atoms with Gasteiger partial charge in [-0.25, -0.2) is 9.97 Å². The van der Waals surface area contributed by atoms with Crippen molar-refractivity contribution in [2.75, 3.05) is 44.9 Å². The van der Waals surface area contributed by atoms with Gasteiger partial charge in [0.25, 0.3) is 0 Å². The molecule has 112 valence electrons. The lowest BCUT2D eigenvalue weighted by molar-refractivity contribution is -0.0281. The van der Waals surface area contributed by atoms with Gasteiger partial charge >= 0.3 is 0 Å². The predicted molar refractivity (Wildman–Crippen MR) is 77.9 cm³/mol. The van der Waals surface area contributed by atoms with Crippen LogP contribution >= 0.6 is 0 Å². The molecule has 0 aromatic carbocycles. The van der Waals surface area contributed by atoms with E-state index in [9.17, 15) is 0 Å². The molecule has 2 heterocycles. The Balaban J connectivity index is 1.87. The van der Waals surface area contributed by atoms with Crippen molar-refractivity contribution in [3.8, 4) is 0 Å². The van der Waals surface area contributed by atoms with Crippen LogP contribution in [-0.2, 0) is 16.0 Å². The molecule has 1 aliphatic heterocycles. The van der Waals surface area contributed by atoms with Crippen molar-refractivity contribution < 1.29 is 9.47 Å². The topological polar surface area (TPSA) is 59.5 Å². The quantitative estimate of drug-likeness (QED) is 0.779.